The van der Waals surface area contributed by atoms with E-state index in [1.54, 1.807) is 12.1 Å². The van der Waals surface area contributed by atoms with Crippen molar-refractivity contribution in [1.29, 1.82) is 0 Å². The number of likely N-dealkylation sites (tertiary alicyclic amines) is 1. The minimum Gasteiger partial charge on any atom is -0.284 e. The number of imide groups is 2. The number of amides is 4. The first-order valence-electron chi connectivity index (χ1n) is 9.00. The number of hydrogen-bond donors (Lipinski definition) is 0. The fraction of sp³-hybridized carbons (Fsp3) is 0.238. The Labute approximate surface area is 168 Å². The Hall–Kier alpha value is -3.49. The fourth-order valence-corrected chi connectivity index (χ4v) is 3.95. The van der Waals surface area contributed by atoms with E-state index in [9.17, 15) is 32.3 Å². The van der Waals surface area contributed by atoms with Gasteiger partial charge in [-0.05, 0) is 29.3 Å². The molecule has 2 aliphatic heterocycles. The molecule has 2 aromatic carbocycles. The second-order valence-corrected chi connectivity index (χ2v) is 7.28. The molecule has 30 heavy (non-hydrogen) atoms. The summed E-state index contributed by atoms with van der Waals surface area (Å²) in [6.07, 6.45) is -4.92. The zero-order valence-corrected chi connectivity index (χ0v) is 15.7. The third kappa shape index (κ3) is 2.72. The lowest BCUT2D eigenvalue weighted by Crippen LogP contribution is -2.57. The average molecular weight is 416 g/mol. The van der Waals surface area contributed by atoms with E-state index in [4.69, 9.17) is 0 Å². The highest BCUT2D eigenvalue weighted by molar-refractivity contribution is 6.27. The fourth-order valence-electron chi connectivity index (χ4n) is 3.95. The van der Waals surface area contributed by atoms with E-state index in [2.05, 4.69) is 0 Å². The largest absolute Gasteiger partial charge is 0.416 e. The summed E-state index contributed by atoms with van der Waals surface area (Å²) in [5, 5.41) is 0. The zero-order valence-electron chi connectivity index (χ0n) is 15.7. The normalized spacial score (nSPS) is 21.6. The molecule has 6 nitrogen and oxygen atoms in total. The van der Waals surface area contributed by atoms with Gasteiger partial charge in [-0.3, -0.25) is 29.0 Å². The molecule has 1 atom stereocenters. The van der Waals surface area contributed by atoms with Crippen LogP contribution < -0.4 is 0 Å². The molecule has 2 aliphatic rings. The molecule has 0 saturated carbocycles. The Bertz CT molecular complexity index is 1090. The van der Waals surface area contributed by atoms with Gasteiger partial charge in [0.25, 0.3) is 11.8 Å². The Kier molecular flexibility index (Phi) is 4.30. The number of carbonyl (C=O) groups is 4. The number of halogens is 3. The van der Waals surface area contributed by atoms with Gasteiger partial charge in [0.1, 0.15) is 0 Å². The van der Waals surface area contributed by atoms with Crippen LogP contribution in [0.1, 0.15) is 33.5 Å². The van der Waals surface area contributed by atoms with Gasteiger partial charge in [-0.2, -0.15) is 13.2 Å². The molecule has 4 rings (SSSR count). The summed E-state index contributed by atoms with van der Waals surface area (Å²) < 4.78 is 38.4. The minimum atomic E-state index is -4.51. The molecule has 2 aromatic rings. The number of carbonyl (C=O) groups excluding carboxylic acids is 4. The maximum absolute atomic E-state index is 13.4. The first-order valence-corrected chi connectivity index (χ1v) is 9.00. The average Bonchev–Trinajstić information content (AvgIpc) is 2.94. The van der Waals surface area contributed by atoms with Gasteiger partial charge in [0.15, 0.2) is 5.41 Å². The number of fused-ring (bicyclic) bond motifs is 2. The number of hydrogen-bond acceptors (Lipinski definition) is 4. The van der Waals surface area contributed by atoms with Crippen LogP contribution in [0.5, 0.6) is 0 Å². The van der Waals surface area contributed by atoms with E-state index in [1.165, 1.54) is 31.3 Å². The highest BCUT2D eigenvalue weighted by Crippen LogP contribution is 2.43. The molecule has 9 heteroatoms. The number of alkyl halides is 3. The second kappa shape index (κ2) is 6.51. The molecular formula is C21H15F3N2O4. The first-order chi connectivity index (χ1) is 14.1. The summed E-state index contributed by atoms with van der Waals surface area (Å²) >= 11 is 0. The number of rotatable bonds is 2. The van der Waals surface area contributed by atoms with Crippen LogP contribution in [0.15, 0.2) is 48.5 Å². The van der Waals surface area contributed by atoms with Gasteiger partial charge in [-0.25, -0.2) is 0 Å². The van der Waals surface area contributed by atoms with E-state index < -0.39 is 47.2 Å². The van der Waals surface area contributed by atoms with Crippen molar-refractivity contribution in [1.82, 2.24) is 9.80 Å². The molecular weight excluding hydrogens is 401 g/mol. The second-order valence-electron chi connectivity index (χ2n) is 7.28. The lowest BCUT2D eigenvalue weighted by molar-refractivity contribution is -0.145. The molecule has 2 heterocycles. The van der Waals surface area contributed by atoms with E-state index in [0.717, 1.165) is 21.9 Å². The van der Waals surface area contributed by atoms with Gasteiger partial charge in [0.05, 0.1) is 18.5 Å². The molecule has 1 spiro atoms. The van der Waals surface area contributed by atoms with Crippen LogP contribution in [0, 0.1) is 0 Å². The van der Waals surface area contributed by atoms with Crippen LogP contribution >= 0.6 is 0 Å². The molecule has 154 valence electrons. The van der Waals surface area contributed by atoms with Crippen molar-refractivity contribution in [3.8, 4) is 0 Å². The lowest BCUT2D eigenvalue weighted by atomic mass is 9.72. The number of likely N-dealkylation sites (N-methyl/N-ethyl adjacent to an activating group) is 1. The predicted octanol–water partition coefficient (Wildman–Crippen LogP) is 2.51. The molecule has 1 saturated heterocycles. The zero-order chi connectivity index (χ0) is 21.8. The summed E-state index contributed by atoms with van der Waals surface area (Å²) in [7, 11) is 1.27. The molecule has 0 aromatic heterocycles. The predicted molar refractivity (Wildman–Crippen MR) is 96.8 cm³/mol. The van der Waals surface area contributed by atoms with Crippen LogP contribution in [-0.4, -0.2) is 40.5 Å². The smallest absolute Gasteiger partial charge is 0.284 e. The molecule has 0 radical (unpaired) electrons. The van der Waals surface area contributed by atoms with Crippen LogP contribution in [0.3, 0.4) is 0 Å². The third-order valence-electron chi connectivity index (χ3n) is 5.55. The van der Waals surface area contributed by atoms with Crippen molar-refractivity contribution in [2.45, 2.75) is 24.6 Å². The Morgan fingerprint density at radius 2 is 1.57 bits per heavy atom. The molecule has 4 amide bonds. The van der Waals surface area contributed by atoms with Crippen LogP contribution in [0.25, 0.3) is 0 Å². The Morgan fingerprint density at radius 1 is 0.933 bits per heavy atom. The van der Waals surface area contributed by atoms with Gasteiger partial charge >= 0.3 is 6.18 Å². The summed E-state index contributed by atoms with van der Waals surface area (Å²) in [6, 6.07) is 10.1. The van der Waals surface area contributed by atoms with Crippen molar-refractivity contribution in [3.05, 3.63) is 70.8 Å². The SMILES string of the molecule is CN1C(=O)CC2(C1=O)C(=O)N(Cc1ccc(C(F)(F)F)cc1)C(=O)c1ccccc12. The van der Waals surface area contributed by atoms with Crippen LogP contribution in [-0.2, 0) is 32.5 Å². The number of benzene rings is 2. The Balaban J connectivity index is 1.77. The summed E-state index contributed by atoms with van der Waals surface area (Å²) in [6.45, 7) is -0.322. The van der Waals surface area contributed by atoms with Crippen LogP contribution in [0.4, 0.5) is 13.2 Å². The van der Waals surface area contributed by atoms with Crippen molar-refractivity contribution in [2.75, 3.05) is 7.05 Å². The van der Waals surface area contributed by atoms with Crippen molar-refractivity contribution >= 4 is 23.6 Å². The molecule has 0 bridgehead atoms. The topological polar surface area (TPSA) is 74.8 Å². The van der Waals surface area contributed by atoms with Crippen molar-refractivity contribution in [3.63, 3.8) is 0 Å². The van der Waals surface area contributed by atoms with Gasteiger partial charge < -0.3 is 0 Å². The maximum Gasteiger partial charge on any atom is 0.416 e. The van der Waals surface area contributed by atoms with Crippen LogP contribution in [0.2, 0.25) is 0 Å². The van der Waals surface area contributed by atoms with Crippen molar-refractivity contribution < 1.29 is 32.3 Å². The Morgan fingerprint density at radius 3 is 2.13 bits per heavy atom. The van der Waals surface area contributed by atoms with E-state index >= 15 is 0 Å². The molecule has 0 aliphatic carbocycles. The van der Waals surface area contributed by atoms with Gasteiger partial charge in [-0.1, -0.05) is 30.3 Å². The van der Waals surface area contributed by atoms with Crippen molar-refractivity contribution in [2.24, 2.45) is 0 Å². The van der Waals surface area contributed by atoms with E-state index in [-0.39, 0.29) is 23.2 Å². The quantitative estimate of drug-likeness (QED) is 0.557. The first kappa shape index (κ1) is 19.8. The lowest BCUT2D eigenvalue weighted by Gasteiger charge is -2.37. The minimum absolute atomic E-state index is 0.112. The summed E-state index contributed by atoms with van der Waals surface area (Å²) in [5.41, 5.74) is -2.14. The third-order valence-corrected chi connectivity index (χ3v) is 5.55. The monoisotopic (exact) mass is 416 g/mol. The van der Waals surface area contributed by atoms with Gasteiger partial charge in [-0.15, -0.1) is 0 Å². The molecule has 1 unspecified atom stereocenters. The standard InChI is InChI=1S/C21H15F3N2O4/c1-25-16(27)10-20(18(25)29)15-5-3-2-4-14(15)17(28)26(19(20)30)11-12-6-8-13(9-7-12)21(22,23)24/h2-9H,10-11H2,1H3. The summed E-state index contributed by atoms with van der Waals surface area (Å²) in [5.74, 6) is -2.80. The van der Waals surface area contributed by atoms with E-state index in [0.29, 0.717) is 0 Å². The molecule has 1 fully saturated rings. The summed E-state index contributed by atoms with van der Waals surface area (Å²) in [4.78, 5) is 53.2. The van der Waals surface area contributed by atoms with Gasteiger partial charge in [0.2, 0.25) is 11.8 Å². The highest BCUT2D eigenvalue weighted by atomic mass is 19.4. The highest BCUT2D eigenvalue weighted by Gasteiger charge is 2.62. The number of nitrogens with zero attached hydrogens (tertiary/aromatic N) is 2. The van der Waals surface area contributed by atoms with Gasteiger partial charge in [0, 0.05) is 12.6 Å². The van der Waals surface area contributed by atoms with E-state index in [1.807, 2.05) is 0 Å². The molecule has 0 N–H and O–H groups in total. The maximum atomic E-state index is 13.4.